The Bertz CT molecular complexity index is 742. The third kappa shape index (κ3) is 4.08. The molecule has 2 aromatic heterocycles. The first-order valence-corrected chi connectivity index (χ1v) is 10.1. The highest BCUT2D eigenvalue weighted by molar-refractivity contribution is 7.98. The summed E-state index contributed by atoms with van der Waals surface area (Å²) < 4.78 is 0. The number of nitrogens with zero attached hydrogens (tertiary/aromatic N) is 3. The first kappa shape index (κ1) is 18.7. The van der Waals surface area contributed by atoms with Crippen molar-refractivity contribution in [3.8, 4) is 0 Å². The number of likely N-dealkylation sites (N-methyl/N-ethyl adjacent to an activating group) is 1. The lowest BCUT2D eigenvalue weighted by Gasteiger charge is -2.22. The van der Waals surface area contributed by atoms with Gasteiger partial charge in [-0.05, 0) is 32.6 Å². The fourth-order valence-electron chi connectivity index (χ4n) is 2.52. The molecular weight excluding hydrogens is 340 g/mol. The number of carbonyl (C=O) groups excluding carboxylic acids is 1. The molecule has 0 fully saturated rings. The molecule has 0 aliphatic rings. The van der Waals surface area contributed by atoms with Gasteiger partial charge in [0.25, 0.3) is 5.91 Å². The van der Waals surface area contributed by atoms with E-state index in [4.69, 9.17) is 0 Å². The van der Waals surface area contributed by atoms with Gasteiger partial charge in [0.2, 0.25) is 0 Å². The fourth-order valence-corrected chi connectivity index (χ4v) is 3.88. The van der Waals surface area contributed by atoms with Crippen LogP contribution >= 0.6 is 23.1 Å². The molecular formula is C17H24N4OS2. The lowest BCUT2D eigenvalue weighted by molar-refractivity contribution is 0.0960. The van der Waals surface area contributed by atoms with Gasteiger partial charge in [-0.3, -0.25) is 4.79 Å². The molecule has 1 amide bonds. The van der Waals surface area contributed by atoms with E-state index in [2.05, 4.69) is 33.7 Å². The van der Waals surface area contributed by atoms with Gasteiger partial charge in [-0.2, -0.15) is 11.8 Å². The highest BCUT2D eigenvalue weighted by atomic mass is 32.2. The Balaban J connectivity index is 2.42. The molecule has 0 bridgehead atoms. The number of nitrogens with one attached hydrogen (secondary N) is 1. The smallest absolute Gasteiger partial charge is 0.261 e. The molecule has 24 heavy (non-hydrogen) atoms. The van der Waals surface area contributed by atoms with Crippen molar-refractivity contribution in [3.05, 3.63) is 28.9 Å². The van der Waals surface area contributed by atoms with Crippen molar-refractivity contribution in [3.63, 3.8) is 0 Å². The van der Waals surface area contributed by atoms with Crippen LogP contribution in [0.1, 0.15) is 29.1 Å². The van der Waals surface area contributed by atoms with E-state index in [-0.39, 0.29) is 5.91 Å². The third-order valence-electron chi connectivity index (χ3n) is 3.65. The van der Waals surface area contributed by atoms with E-state index in [0.717, 1.165) is 50.9 Å². The number of aryl methyl sites for hydroxylation is 1. The molecule has 5 nitrogen and oxygen atoms in total. The van der Waals surface area contributed by atoms with E-state index >= 15 is 0 Å². The van der Waals surface area contributed by atoms with Crippen LogP contribution < -0.4 is 10.2 Å². The maximum Gasteiger partial charge on any atom is 0.261 e. The highest BCUT2D eigenvalue weighted by Gasteiger charge is 2.21. The Labute approximate surface area is 151 Å². The molecule has 2 aromatic rings. The minimum Gasteiger partial charge on any atom is -0.352 e. The lowest BCUT2D eigenvalue weighted by Crippen LogP contribution is -2.26. The summed E-state index contributed by atoms with van der Waals surface area (Å²) in [5.74, 6) is 1.75. The molecule has 0 radical (unpaired) electrons. The Hall–Kier alpha value is -1.60. The van der Waals surface area contributed by atoms with Crippen molar-refractivity contribution >= 4 is 45.0 Å². The van der Waals surface area contributed by atoms with E-state index in [1.165, 1.54) is 11.3 Å². The number of thiophene rings is 1. The fraction of sp³-hybridized carbons (Fsp3) is 0.471. The summed E-state index contributed by atoms with van der Waals surface area (Å²) in [5.41, 5.74) is 2.03. The van der Waals surface area contributed by atoms with Gasteiger partial charge in [-0.15, -0.1) is 11.3 Å². The average molecular weight is 365 g/mol. The van der Waals surface area contributed by atoms with Crippen LogP contribution in [-0.2, 0) is 0 Å². The Morgan fingerprint density at radius 1 is 1.46 bits per heavy atom. The number of anilines is 1. The molecule has 0 saturated heterocycles. The maximum atomic E-state index is 12.5. The van der Waals surface area contributed by atoms with Gasteiger partial charge in [0.05, 0.1) is 10.3 Å². The van der Waals surface area contributed by atoms with Crippen LogP contribution in [0.25, 0.3) is 10.2 Å². The van der Waals surface area contributed by atoms with Crippen LogP contribution in [0.3, 0.4) is 0 Å². The quantitative estimate of drug-likeness (QED) is 0.574. The second-order valence-electron chi connectivity index (χ2n) is 5.65. The number of aromatic nitrogens is 2. The highest BCUT2D eigenvalue weighted by Crippen LogP contribution is 2.34. The zero-order chi connectivity index (χ0) is 17.7. The largest absolute Gasteiger partial charge is 0.352 e. The maximum absolute atomic E-state index is 12.5. The molecule has 2 heterocycles. The zero-order valence-electron chi connectivity index (χ0n) is 14.7. The van der Waals surface area contributed by atoms with Gasteiger partial charge in [0.15, 0.2) is 0 Å². The Morgan fingerprint density at radius 2 is 2.21 bits per heavy atom. The van der Waals surface area contributed by atoms with E-state index in [9.17, 15) is 4.79 Å². The number of amides is 1. The number of hydrogen-bond acceptors (Lipinski definition) is 6. The number of carbonyl (C=O) groups is 1. The first-order valence-electron chi connectivity index (χ1n) is 7.90. The van der Waals surface area contributed by atoms with Crippen molar-refractivity contribution in [2.24, 2.45) is 0 Å². The molecule has 0 aliphatic carbocycles. The summed E-state index contributed by atoms with van der Waals surface area (Å²) in [7, 11) is 0. The van der Waals surface area contributed by atoms with Gasteiger partial charge in [-0.25, -0.2) is 9.97 Å². The first-order chi connectivity index (χ1) is 11.5. The number of thioether (sulfide) groups is 1. The topological polar surface area (TPSA) is 58.1 Å². The molecule has 130 valence electrons. The van der Waals surface area contributed by atoms with E-state index in [1.807, 2.05) is 20.1 Å². The summed E-state index contributed by atoms with van der Waals surface area (Å²) in [6.45, 7) is 12.3. The van der Waals surface area contributed by atoms with Crippen LogP contribution in [0.2, 0.25) is 0 Å². The summed E-state index contributed by atoms with van der Waals surface area (Å²) in [5, 5.41) is 3.94. The Kier molecular flexibility index (Phi) is 6.62. The second kappa shape index (κ2) is 8.48. The second-order valence-corrected chi connectivity index (χ2v) is 7.64. The van der Waals surface area contributed by atoms with E-state index < -0.39 is 0 Å². The van der Waals surface area contributed by atoms with E-state index in [1.54, 1.807) is 18.1 Å². The van der Waals surface area contributed by atoms with Gasteiger partial charge < -0.3 is 10.2 Å². The molecule has 0 aliphatic heterocycles. The molecule has 0 saturated carbocycles. The molecule has 0 aromatic carbocycles. The summed E-state index contributed by atoms with van der Waals surface area (Å²) in [4.78, 5) is 25.1. The summed E-state index contributed by atoms with van der Waals surface area (Å²) >= 11 is 3.15. The SMILES string of the molecule is C=C(C)CN(CC)c1ncnc2sc(C(=O)NCCSC)c(C)c12. The van der Waals surface area contributed by atoms with Crippen molar-refractivity contribution in [1.29, 1.82) is 0 Å². The summed E-state index contributed by atoms with van der Waals surface area (Å²) in [6, 6.07) is 0. The predicted molar refractivity (Wildman–Crippen MR) is 106 cm³/mol. The number of fused-ring (bicyclic) bond motifs is 1. The van der Waals surface area contributed by atoms with Crippen LogP contribution in [0.5, 0.6) is 0 Å². The van der Waals surface area contributed by atoms with Crippen LogP contribution in [0, 0.1) is 6.92 Å². The molecule has 1 N–H and O–H groups in total. The molecule has 0 atom stereocenters. The molecule has 7 heteroatoms. The minimum atomic E-state index is -0.0292. The van der Waals surface area contributed by atoms with Gasteiger partial charge >= 0.3 is 0 Å². The van der Waals surface area contributed by atoms with Crippen LogP contribution in [0.15, 0.2) is 18.5 Å². The average Bonchev–Trinajstić information content (AvgIpc) is 2.90. The molecule has 2 rings (SSSR count). The van der Waals surface area contributed by atoms with Crippen molar-refractivity contribution in [2.75, 3.05) is 36.5 Å². The van der Waals surface area contributed by atoms with Crippen LogP contribution in [-0.4, -0.2) is 47.5 Å². The minimum absolute atomic E-state index is 0.0292. The van der Waals surface area contributed by atoms with Crippen molar-refractivity contribution in [1.82, 2.24) is 15.3 Å². The van der Waals surface area contributed by atoms with E-state index in [0.29, 0.717) is 6.54 Å². The summed E-state index contributed by atoms with van der Waals surface area (Å²) in [6.07, 6.45) is 3.60. The van der Waals surface area contributed by atoms with Crippen molar-refractivity contribution in [2.45, 2.75) is 20.8 Å². The zero-order valence-corrected chi connectivity index (χ0v) is 16.3. The molecule has 0 spiro atoms. The standard InChI is InChI=1S/C17H24N4OS2/c1-6-21(9-11(2)3)15-13-12(4)14(16(22)18-7-8-23-5)24-17(13)20-10-19-15/h10H,2,6-9H2,1,3-5H3,(H,18,22). The normalized spacial score (nSPS) is 10.8. The number of hydrogen-bond donors (Lipinski definition) is 1. The monoisotopic (exact) mass is 364 g/mol. The number of rotatable bonds is 8. The third-order valence-corrected chi connectivity index (χ3v) is 5.46. The molecule has 0 unspecified atom stereocenters. The van der Waals surface area contributed by atoms with Crippen molar-refractivity contribution < 1.29 is 4.79 Å². The van der Waals surface area contributed by atoms with Gasteiger partial charge in [-0.1, -0.05) is 12.2 Å². The lowest BCUT2D eigenvalue weighted by atomic mass is 10.1. The Morgan fingerprint density at radius 3 is 2.83 bits per heavy atom. The van der Waals surface area contributed by atoms with Gasteiger partial charge in [0.1, 0.15) is 17.0 Å². The predicted octanol–water partition coefficient (Wildman–Crippen LogP) is 3.49. The van der Waals surface area contributed by atoms with Gasteiger partial charge in [0, 0.05) is 25.4 Å². The van der Waals surface area contributed by atoms with Crippen LogP contribution in [0.4, 0.5) is 5.82 Å².